The summed E-state index contributed by atoms with van der Waals surface area (Å²) in [6, 6.07) is 7.66. The second-order valence-corrected chi connectivity index (χ2v) is 5.75. The van der Waals surface area contributed by atoms with Crippen LogP contribution in [0.2, 0.25) is 0 Å². The molecule has 0 spiro atoms. The minimum Gasteiger partial charge on any atom is -0.478 e. The number of hydrogen-bond acceptors (Lipinski definition) is 3. The van der Waals surface area contributed by atoms with Crippen LogP contribution in [-0.2, 0) is 5.41 Å². The van der Waals surface area contributed by atoms with E-state index in [1.807, 2.05) is 20.8 Å². The van der Waals surface area contributed by atoms with E-state index in [0.29, 0.717) is 11.4 Å². The molecule has 21 heavy (non-hydrogen) atoms. The Morgan fingerprint density at radius 2 is 1.81 bits per heavy atom. The zero-order chi connectivity index (χ0) is 15.6. The van der Waals surface area contributed by atoms with E-state index in [4.69, 9.17) is 5.11 Å². The van der Waals surface area contributed by atoms with Crippen molar-refractivity contribution in [1.82, 2.24) is 10.2 Å². The number of carbonyl (C=O) groups excluding carboxylic acids is 1. The van der Waals surface area contributed by atoms with Crippen LogP contribution >= 0.6 is 0 Å². The smallest absolute Gasteiger partial charge is 0.335 e. The maximum Gasteiger partial charge on any atom is 0.335 e. The summed E-state index contributed by atoms with van der Waals surface area (Å²) in [5.41, 5.74) is 1.73. The molecule has 1 heterocycles. The van der Waals surface area contributed by atoms with Crippen molar-refractivity contribution in [3.63, 3.8) is 0 Å². The van der Waals surface area contributed by atoms with Crippen LogP contribution < -0.4 is 5.32 Å². The first-order valence-corrected chi connectivity index (χ1v) is 6.48. The van der Waals surface area contributed by atoms with Gasteiger partial charge in [-0.05, 0) is 30.3 Å². The molecule has 2 aromatic rings. The number of H-pyrrole nitrogens is 1. The first kappa shape index (κ1) is 14.8. The van der Waals surface area contributed by atoms with Gasteiger partial charge in [-0.1, -0.05) is 20.8 Å². The standard InChI is InChI=1S/C15H17N3O3/c1-15(2,3)12-8-11(17-18-12)13(19)16-10-6-4-9(5-7-10)14(20)21/h4-8H,1-3H3,(H,16,19)(H,17,18)(H,20,21). The lowest BCUT2D eigenvalue weighted by Gasteiger charge is -2.14. The second kappa shape index (κ2) is 5.40. The molecule has 0 aliphatic carbocycles. The molecule has 0 saturated heterocycles. The molecule has 2 rings (SSSR count). The fourth-order valence-electron chi connectivity index (χ4n) is 1.71. The Morgan fingerprint density at radius 3 is 2.29 bits per heavy atom. The van der Waals surface area contributed by atoms with E-state index >= 15 is 0 Å². The number of nitrogens with one attached hydrogen (secondary N) is 2. The monoisotopic (exact) mass is 287 g/mol. The summed E-state index contributed by atoms with van der Waals surface area (Å²) in [7, 11) is 0. The largest absolute Gasteiger partial charge is 0.478 e. The minimum atomic E-state index is -1.00. The van der Waals surface area contributed by atoms with Crippen molar-refractivity contribution < 1.29 is 14.7 Å². The molecule has 0 radical (unpaired) electrons. The highest BCUT2D eigenvalue weighted by Gasteiger charge is 2.19. The fourth-order valence-corrected chi connectivity index (χ4v) is 1.71. The molecule has 0 fully saturated rings. The SMILES string of the molecule is CC(C)(C)c1cc(C(=O)Nc2ccc(C(=O)O)cc2)n[nH]1. The van der Waals surface area contributed by atoms with Crippen molar-refractivity contribution in [2.45, 2.75) is 26.2 Å². The first-order valence-electron chi connectivity index (χ1n) is 6.48. The van der Waals surface area contributed by atoms with Gasteiger partial charge in [0.1, 0.15) is 0 Å². The molecular weight excluding hydrogens is 270 g/mol. The van der Waals surface area contributed by atoms with Gasteiger partial charge in [0.25, 0.3) is 5.91 Å². The Kier molecular flexibility index (Phi) is 3.80. The summed E-state index contributed by atoms with van der Waals surface area (Å²) in [5, 5.41) is 18.3. The summed E-state index contributed by atoms with van der Waals surface area (Å²) in [6.45, 7) is 6.06. The number of carbonyl (C=O) groups is 2. The molecule has 0 atom stereocenters. The van der Waals surface area contributed by atoms with Gasteiger partial charge in [0, 0.05) is 16.8 Å². The third kappa shape index (κ3) is 3.47. The number of benzene rings is 1. The number of aromatic carboxylic acids is 1. The van der Waals surface area contributed by atoms with E-state index in [2.05, 4.69) is 15.5 Å². The molecule has 1 aromatic heterocycles. The van der Waals surface area contributed by atoms with Crippen LogP contribution in [0, 0.1) is 0 Å². The van der Waals surface area contributed by atoms with Gasteiger partial charge in [-0.25, -0.2) is 4.79 Å². The zero-order valence-corrected chi connectivity index (χ0v) is 12.1. The number of aromatic nitrogens is 2. The molecular formula is C15H17N3O3. The highest BCUT2D eigenvalue weighted by molar-refractivity contribution is 6.03. The number of amides is 1. The molecule has 110 valence electrons. The molecule has 6 heteroatoms. The number of hydrogen-bond donors (Lipinski definition) is 3. The van der Waals surface area contributed by atoms with Gasteiger partial charge in [0.2, 0.25) is 0 Å². The quantitative estimate of drug-likeness (QED) is 0.808. The van der Waals surface area contributed by atoms with Crippen molar-refractivity contribution in [2.75, 3.05) is 5.32 Å². The topological polar surface area (TPSA) is 95.1 Å². The van der Waals surface area contributed by atoms with Crippen LogP contribution in [-0.4, -0.2) is 27.2 Å². The lowest BCUT2D eigenvalue weighted by Crippen LogP contribution is -2.13. The molecule has 0 aliphatic rings. The van der Waals surface area contributed by atoms with Crippen LogP contribution in [0.4, 0.5) is 5.69 Å². The van der Waals surface area contributed by atoms with E-state index in [9.17, 15) is 9.59 Å². The van der Waals surface area contributed by atoms with Gasteiger partial charge in [-0.3, -0.25) is 9.89 Å². The van der Waals surface area contributed by atoms with E-state index in [1.165, 1.54) is 12.1 Å². The third-order valence-corrected chi connectivity index (χ3v) is 3.01. The highest BCUT2D eigenvalue weighted by atomic mass is 16.4. The zero-order valence-electron chi connectivity index (χ0n) is 12.1. The number of aromatic amines is 1. The summed E-state index contributed by atoms with van der Waals surface area (Å²) in [4.78, 5) is 22.8. The number of nitrogens with zero attached hydrogens (tertiary/aromatic N) is 1. The maximum absolute atomic E-state index is 12.1. The Balaban J connectivity index is 2.11. The minimum absolute atomic E-state index is 0.116. The van der Waals surface area contributed by atoms with Gasteiger partial charge in [-0.2, -0.15) is 5.10 Å². The van der Waals surface area contributed by atoms with Gasteiger partial charge < -0.3 is 10.4 Å². The van der Waals surface area contributed by atoms with Gasteiger partial charge >= 0.3 is 5.97 Å². The summed E-state index contributed by atoms with van der Waals surface area (Å²) in [6.07, 6.45) is 0. The summed E-state index contributed by atoms with van der Waals surface area (Å²) in [5.74, 6) is -1.35. The van der Waals surface area contributed by atoms with Crippen molar-refractivity contribution in [3.05, 3.63) is 47.3 Å². The average Bonchev–Trinajstić information content (AvgIpc) is 2.88. The normalized spacial score (nSPS) is 11.2. The summed E-state index contributed by atoms with van der Waals surface area (Å²) >= 11 is 0. The van der Waals surface area contributed by atoms with Crippen LogP contribution in [0.1, 0.15) is 47.3 Å². The van der Waals surface area contributed by atoms with Crippen LogP contribution in [0.25, 0.3) is 0 Å². The van der Waals surface area contributed by atoms with Crippen LogP contribution in [0.5, 0.6) is 0 Å². The Hall–Kier alpha value is -2.63. The molecule has 6 nitrogen and oxygen atoms in total. The molecule has 0 bridgehead atoms. The van der Waals surface area contributed by atoms with Crippen molar-refractivity contribution in [1.29, 1.82) is 0 Å². The van der Waals surface area contributed by atoms with E-state index < -0.39 is 5.97 Å². The molecule has 0 unspecified atom stereocenters. The van der Waals surface area contributed by atoms with Gasteiger partial charge in [0.05, 0.1) is 5.56 Å². The Labute approximate surface area is 122 Å². The number of carboxylic acid groups (broad SMARTS) is 1. The predicted molar refractivity (Wildman–Crippen MR) is 78.6 cm³/mol. The van der Waals surface area contributed by atoms with E-state index in [0.717, 1.165) is 5.69 Å². The lowest BCUT2D eigenvalue weighted by molar-refractivity contribution is 0.0696. The Bertz CT molecular complexity index is 666. The molecule has 1 amide bonds. The van der Waals surface area contributed by atoms with Crippen LogP contribution in [0.15, 0.2) is 30.3 Å². The van der Waals surface area contributed by atoms with Crippen molar-refractivity contribution in [3.8, 4) is 0 Å². The number of carboxylic acids is 1. The predicted octanol–water partition coefficient (Wildman–Crippen LogP) is 2.66. The molecule has 0 saturated carbocycles. The lowest BCUT2D eigenvalue weighted by atomic mass is 9.92. The number of anilines is 1. The molecule has 1 aromatic carbocycles. The van der Waals surface area contributed by atoms with Gasteiger partial charge in [0.15, 0.2) is 5.69 Å². The Morgan fingerprint density at radius 1 is 1.19 bits per heavy atom. The molecule has 0 aliphatic heterocycles. The van der Waals surface area contributed by atoms with Crippen molar-refractivity contribution in [2.24, 2.45) is 0 Å². The first-order chi connectivity index (χ1) is 9.77. The third-order valence-electron chi connectivity index (χ3n) is 3.01. The molecule has 3 N–H and O–H groups in total. The van der Waals surface area contributed by atoms with E-state index in [-0.39, 0.29) is 16.9 Å². The number of rotatable bonds is 3. The summed E-state index contributed by atoms with van der Waals surface area (Å²) < 4.78 is 0. The van der Waals surface area contributed by atoms with Gasteiger partial charge in [-0.15, -0.1) is 0 Å². The second-order valence-electron chi connectivity index (χ2n) is 5.75. The fraction of sp³-hybridized carbons (Fsp3) is 0.267. The van der Waals surface area contributed by atoms with E-state index in [1.54, 1.807) is 18.2 Å². The van der Waals surface area contributed by atoms with Crippen LogP contribution in [0.3, 0.4) is 0 Å². The van der Waals surface area contributed by atoms with Crippen molar-refractivity contribution >= 4 is 17.6 Å². The highest BCUT2D eigenvalue weighted by Crippen LogP contribution is 2.20. The maximum atomic E-state index is 12.1. The average molecular weight is 287 g/mol.